The van der Waals surface area contributed by atoms with Gasteiger partial charge in [0.1, 0.15) is 0 Å². The fourth-order valence-corrected chi connectivity index (χ4v) is 3.61. The second kappa shape index (κ2) is 18.5. The van der Waals surface area contributed by atoms with Crippen LogP contribution in [-0.4, -0.2) is 111 Å². The summed E-state index contributed by atoms with van der Waals surface area (Å²) in [5.74, 6) is 1.20. The van der Waals surface area contributed by atoms with Crippen LogP contribution in [0.4, 0.5) is 0 Å². The van der Waals surface area contributed by atoms with Gasteiger partial charge < -0.3 is 19.4 Å². The Morgan fingerprint density at radius 3 is 2.12 bits per heavy atom. The summed E-state index contributed by atoms with van der Waals surface area (Å²) >= 11 is 2.02. The van der Waals surface area contributed by atoms with Gasteiger partial charge in [0.05, 0.1) is 6.61 Å². The first-order chi connectivity index (χ1) is 12.6. The van der Waals surface area contributed by atoms with E-state index in [4.69, 9.17) is 4.74 Å². The second-order valence-corrected chi connectivity index (χ2v) is 8.31. The Morgan fingerprint density at radius 1 is 0.885 bits per heavy atom. The van der Waals surface area contributed by atoms with Gasteiger partial charge >= 0.3 is 0 Å². The summed E-state index contributed by atoms with van der Waals surface area (Å²) in [5.41, 5.74) is 0. The van der Waals surface area contributed by atoms with Crippen molar-refractivity contribution in [3.63, 3.8) is 0 Å². The van der Waals surface area contributed by atoms with E-state index in [2.05, 4.69) is 60.8 Å². The highest BCUT2D eigenvalue weighted by molar-refractivity contribution is 7.97. The molecule has 1 heterocycles. The van der Waals surface area contributed by atoms with Gasteiger partial charge in [-0.05, 0) is 27.1 Å². The van der Waals surface area contributed by atoms with E-state index in [0.29, 0.717) is 0 Å². The van der Waals surface area contributed by atoms with E-state index in [0.717, 1.165) is 45.8 Å². The highest BCUT2D eigenvalue weighted by atomic mass is 32.2. The maximum Gasteiger partial charge on any atom is 0.0593 e. The van der Waals surface area contributed by atoms with Crippen molar-refractivity contribution in [1.82, 2.24) is 19.0 Å². The van der Waals surface area contributed by atoms with E-state index in [1.54, 1.807) is 0 Å². The van der Waals surface area contributed by atoms with Gasteiger partial charge in [0.25, 0.3) is 0 Å². The molecule has 1 aliphatic heterocycles. The van der Waals surface area contributed by atoms with Crippen molar-refractivity contribution in [3.05, 3.63) is 0 Å². The highest BCUT2D eigenvalue weighted by Gasteiger charge is 2.14. The lowest BCUT2D eigenvalue weighted by Gasteiger charge is -2.31. The number of hydrogen-bond donors (Lipinski definition) is 0. The molecule has 0 spiro atoms. The topological polar surface area (TPSA) is 22.2 Å². The monoisotopic (exact) mass is 390 g/mol. The molecule has 1 saturated heterocycles. The van der Waals surface area contributed by atoms with Crippen molar-refractivity contribution in [1.29, 1.82) is 0 Å². The molecule has 0 bridgehead atoms. The van der Waals surface area contributed by atoms with E-state index in [1.165, 1.54) is 44.9 Å². The first kappa shape index (κ1) is 26.1. The van der Waals surface area contributed by atoms with Gasteiger partial charge in [-0.1, -0.05) is 46.1 Å². The second-order valence-electron chi connectivity index (χ2n) is 7.12. The van der Waals surface area contributed by atoms with Crippen molar-refractivity contribution in [2.75, 3.05) is 92.0 Å². The van der Waals surface area contributed by atoms with Crippen LogP contribution in [0.25, 0.3) is 0 Å². The number of ether oxygens (including phenoxy) is 1. The molecule has 6 heteroatoms. The lowest BCUT2D eigenvalue weighted by molar-refractivity contribution is 0.102. The molecule has 5 nitrogen and oxygen atoms in total. The van der Waals surface area contributed by atoms with E-state index in [1.807, 2.05) is 11.9 Å². The number of nitrogens with zero attached hydrogens (tertiary/aromatic N) is 4. The third kappa shape index (κ3) is 15.2. The largest absolute Gasteiger partial charge is 0.380 e. The Kier molecular flexibility index (Phi) is 18.6. The van der Waals surface area contributed by atoms with Crippen LogP contribution >= 0.6 is 11.9 Å². The third-order valence-electron chi connectivity index (χ3n) is 4.35. The zero-order valence-electron chi connectivity index (χ0n) is 18.5. The molecule has 0 unspecified atom stereocenters. The van der Waals surface area contributed by atoms with E-state index in [9.17, 15) is 0 Å². The molecule has 0 aromatic rings. The Bertz CT molecular complexity index is 289. The van der Waals surface area contributed by atoms with Crippen molar-refractivity contribution < 1.29 is 4.74 Å². The molecule has 0 aliphatic carbocycles. The van der Waals surface area contributed by atoms with Crippen LogP contribution in [0, 0.1) is 0 Å². The summed E-state index contributed by atoms with van der Waals surface area (Å²) in [5, 5.41) is 0. The zero-order valence-corrected chi connectivity index (χ0v) is 19.3. The van der Waals surface area contributed by atoms with Crippen molar-refractivity contribution in [2.24, 2.45) is 0 Å². The summed E-state index contributed by atoms with van der Waals surface area (Å²) in [4.78, 5) is 7.35. The molecule has 0 aromatic carbocycles. The molecular weight excluding hydrogens is 344 g/mol. The average molecular weight is 391 g/mol. The zero-order chi connectivity index (χ0) is 19.6. The maximum absolute atomic E-state index is 5.59. The Morgan fingerprint density at radius 2 is 1.54 bits per heavy atom. The number of piperazine rings is 1. The van der Waals surface area contributed by atoms with Gasteiger partial charge in [-0.2, -0.15) is 0 Å². The summed E-state index contributed by atoms with van der Waals surface area (Å²) in [6.45, 7) is 20.8. The Balaban J connectivity index is 0.00000194. The van der Waals surface area contributed by atoms with Gasteiger partial charge in [-0.25, -0.2) is 4.31 Å². The maximum atomic E-state index is 5.59. The molecule has 0 amide bonds. The fourth-order valence-electron chi connectivity index (χ4n) is 2.53. The van der Waals surface area contributed by atoms with Crippen molar-refractivity contribution in [3.8, 4) is 0 Å². The van der Waals surface area contributed by atoms with Gasteiger partial charge in [0.15, 0.2) is 0 Å². The molecule has 0 aromatic heterocycles. The van der Waals surface area contributed by atoms with E-state index >= 15 is 0 Å². The molecule has 1 rings (SSSR count). The summed E-state index contributed by atoms with van der Waals surface area (Å²) in [6.07, 6.45) is 2.36. The predicted molar refractivity (Wildman–Crippen MR) is 118 cm³/mol. The van der Waals surface area contributed by atoms with Crippen LogP contribution in [-0.2, 0) is 4.74 Å². The van der Waals surface area contributed by atoms with Crippen molar-refractivity contribution >= 4 is 11.9 Å². The normalized spacial score (nSPS) is 16.2. The van der Waals surface area contributed by atoms with E-state index < -0.39 is 0 Å². The molecular formula is C20H46N4OS. The van der Waals surface area contributed by atoms with Gasteiger partial charge in [0, 0.05) is 64.7 Å². The van der Waals surface area contributed by atoms with Gasteiger partial charge in [-0.15, -0.1) is 0 Å². The first-order valence-corrected chi connectivity index (χ1v) is 11.6. The van der Waals surface area contributed by atoms with Gasteiger partial charge in [0.2, 0.25) is 0 Å². The SMILES string of the molecule is CCC.CCCOCCN(CC)CCN(C)CCSN1CCN(C)CC1. The minimum absolute atomic E-state index is 0.866. The highest BCUT2D eigenvalue weighted by Crippen LogP contribution is 2.12. The molecule has 26 heavy (non-hydrogen) atoms. The average Bonchev–Trinajstić information content (AvgIpc) is 2.63. The molecule has 1 fully saturated rings. The van der Waals surface area contributed by atoms with Crippen LogP contribution in [0.1, 0.15) is 40.5 Å². The number of hydrogen-bond acceptors (Lipinski definition) is 6. The number of likely N-dealkylation sites (N-methyl/N-ethyl adjacent to an activating group) is 3. The van der Waals surface area contributed by atoms with Crippen LogP contribution in [0.2, 0.25) is 0 Å². The molecule has 0 atom stereocenters. The van der Waals surface area contributed by atoms with Gasteiger partial charge in [-0.3, -0.25) is 0 Å². The summed E-state index contributed by atoms with van der Waals surface area (Å²) in [6, 6.07) is 0. The van der Waals surface area contributed by atoms with Crippen LogP contribution in [0.5, 0.6) is 0 Å². The first-order valence-electron chi connectivity index (χ1n) is 10.6. The Hall–Kier alpha value is 0.150. The molecule has 158 valence electrons. The molecule has 0 N–H and O–H groups in total. The lowest BCUT2D eigenvalue weighted by atomic mass is 10.4. The van der Waals surface area contributed by atoms with Crippen molar-refractivity contribution in [2.45, 2.75) is 40.5 Å². The van der Waals surface area contributed by atoms with Crippen LogP contribution < -0.4 is 0 Å². The lowest BCUT2D eigenvalue weighted by Crippen LogP contribution is -2.41. The minimum Gasteiger partial charge on any atom is -0.380 e. The predicted octanol–water partition coefficient (Wildman–Crippen LogP) is 2.98. The third-order valence-corrected chi connectivity index (χ3v) is 5.45. The Labute approximate surface area is 168 Å². The molecule has 0 saturated carbocycles. The van der Waals surface area contributed by atoms with Crippen LogP contribution in [0.3, 0.4) is 0 Å². The standard InChI is InChI=1S/C17H38N4OS.C3H8/c1-5-15-22-16-13-20(6-2)10-7-19(4)14-17-23-21-11-8-18(3)9-12-21;1-3-2/h5-17H2,1-4H3;3H2,1-2H3. The minimum atomic E-state index is 0.866. The fraction of sp³-hybridized carbons (Fsp3) is 1.00. The number of rotatable bonds is 13. The smallest absolute Gasteiger partial charge is 0.0593 e. The summed E-state index contributed by atoms with van der Waals surface area (Å²) < 4.78 is 8.12. The quantitative estimate of drug-likeness (QED) is 0.354. The molecule has 1 aliphatic rings. The van der Waals surface area contributed by atoms with E-state index in [-0.39, 0.29) is 0 Å². The van der Waals surface area contributed by atoms with Crippen LogP contribution in [0.15, 0.2) is 0 Å². The molecule has 0 radical (unpaired) electrons. The summed E-state index contributed by atoms with van der Waals surface area (Å²) in [7, 11) is 4.45.